The molecule has 1 aromatic heterocycles. The van der Waals surface area contributed by atoms with E-state index in [0.717, 1.165) is 16.7 Å². The van der Waals surface area contributed by atoms with E-state index in [1.165, 1.54) is 18.2 Å². The average Bonchev–Trinajstić information content (AvgIpc) is 3.05. The van der Waals surface area contributed by atoms with Crippen molar-refractivity contribution < 1.29 is 19.0 Å². The molecule has 7 nitrogen and oxygen atoms in total. The third-order valence-electron chi connectivity index (χ3n) is 6.33. The molecule has 1 aliphatic heterocycles. The van der Waals surface area contributed by atoms with Gasteiger partial charge in [-0.3, -0.25) is 4.99 Å². The van der Waals surface area contributed by atoms with Gasteiger partial charge in [-0.15, -0.1) is 0 Å². The van der Waals surface area contributed by atoms with Crippen molar-refractivity contribution in [1.29, 1.82) is 0 Å². The second-order valence-electron chi connectivity index (χ2n) is 9.35. The van der Waals surface area contributed by atoms with Crippen molar-refractivity contribution in [3.05, 3.63) is 106 Å². The van der Waals surface area contributed by atoms with Crippen molar-refractivity contribution in [2.45, 2.75) is 6.54 Å². The number of anilines is 2. The topological polar surface area (TPSA) is 87.0 Å². The number of hydrogen-bond acceptors (Lipinski definition) is 6. The van der Waals surface area contributed by atoms with Crippen molar-refractivity contribution in [1.82, 2.24) is 9.88 Å². The summed E-state index contributed by atoms with van der Waals surface area (Å²) in [5, 5.41) is 12.9. The highest BCUT2D eigenvalue weighted by Crippen LogP contribution is 2.37. The molecule has 0 saturated carbocycles. The quantitative estimate of drug-likeness (QED) is 0.272. The fourth-order valence-corrected chi connectivity index (χ4v) is 4.55. The fourth-order valence-electron chi connectivity index (χ4n) is 4.38. The Balaban J connectivity index is 1.55. The lowest BCUT2D eigenvalue weighted by Gasteiger charge is -2.17. The van der Waals surface area contributed by atoms with Gasteiger partial charge in [0, 0.05) is 29.0 Å². The Morgan fingerprint density at radius 2 is 1.87 bits per heavy atom. The largest absolute Gasteiger partial charge is 0.491 e. The van der Waals surface area contributed by atoms with E-state index in [9.17, 15) is 4.79 Å². The number of hydrogen-bond donors (Lipinski definition) is 2. The van der Waals surface area contributed by atoms with Gasteiger partial charge in [0.15, 0.2) is 0 Å². The summed E-state index contributed by atoms with van der Waals surface area (Å²) in [5.41, 5.74) is 4.91. The van der Waals surface area contributed by atoms with Gasteiger partial charge in [0.2, 0.25) is 0 Å². The number of nitrogens with one attached hydrogen (secondary N) is 1. The van der Waals surface area contributed by atoms with Gasteiger partial charge in [-0.2, -0.15) is 0 Å². The van der Waals surface area contributed by atoms with Gasteiger partial charge >= 0.3 is 5.97 Å². The Morgan fingerprint density at radius 1 is 1.08 bits per heavy atom. The monoisotopic (exact) mass is 544 g/mol. The molecule has 9 heteroatoms. The maximum absolute atomic E-state index is 15.4. The first-order valence-corrected chi connectivity index (χ1v) is 12.7. The lowest BCUT2D eigenvalue weighted by Crippen LogP contribution is -2.20. The average molecular weight is 545 g/mol. The number of pyridine rings is 1. The summed E-state index contributed by atoms with van der Waals surface area (Å²) in [7, 11) is 3.89. The van der Waals surface area contributed by atoms with Crippen LogP contribution in [0.2, 0.25) is 5.02 Å². The predicted molar refractivity (Wildman–Crippen MR) is 151 cm³/mol. The molecule has 0 amide bonds. The number of aromatic nitrogens is 1. The van der Waals surface area contributed by atoms with Crippen molar-refractivity contribution in [3.63, 3.8) is 0 Å². The molecule has 0 unspecified atom stereocenters. The molecule has 2 heterocycles. The summed E-state index contributed by atoms with van der Waals surface area (Å²) in [6, 6.07) is 18.6. The SMILES string of the molecule is CN(C)CCOc1cccc(F)c1C1=NCc2cnc(Nc3ccc(C(=O)O)cc3)cc2-c2ccc(Cl)cc21. The van der Waals surface area contributed by atoms with E-state index < -0.39 is 11.8 Å². The molecule has 0 bridgehead atoms. The van der Waals surface area contributed by atoms with Crippen LogP contribution < -0.4 is 10.1 Å². The summed E-state index contributed by atoms with van der Waals surface area (Å²) in [4.78, 5) is 22.5. The number of fused-ring (bicyclic) bond motifs is 3. The summed E-state index contributed by atoms with van der Waals surface area (Å²) in [5.74, 6) is -0.437. The molecule has 2 N–H and O–H groups in total. The molecule has 4 aromatic rings. The summed E-state index contributed by atoms with van der Waals surface area (Å²) < 4.78 is 21.4. The number of halogens is 2. The molecule has 1 aliphatic rings. The van der Waals surface area contributed by atoms with Crippen LogP contribution in [-0.4, -0.2) is 53.9 Å². The molecule has 3 aromatic carbocycles. The zero-order valence-corrected chi connectivity index (χ0v) is 22.2. The second-order valence-corrected chi connectivity index (χ2v) is 9.79. The molecule has 198 valence electrons. The van der Waals surface area contributed by atoms with Crippen LogP contribution in [0.25, 0.3) is 11.1 Å². The minimum Gasteiger partial charge on any atom is -0.491 e. The third kappa shape index (κ3) is 5.77. The lowest BCUT2D eigenvalue weighted by molar-refractivity contribution is 0.0697. The second kappa shape index (κ2) is 11.2. The molecule has 0 aliphatic carbocycles. The number of likely N-dealkylation sites (N-methyl/N-ethyl adjacent to an activating group) is 1. The lowest BCUT2D eigenvalue weighted by atomic mass is 9.92. The maximum Gasteiger partial charge on any atom is 0.335 e. The molecule has 5 rings (SSSR count). The molecule has 0 fully saturated rings. The number of nitrogens with zero attached hydrogens (tertiary/aromatic N) is 3. The normalized spacial score (nSPS) is 12.3. The molecule has 39 heavy (non-hydrogen) atoms. The first kappa shape index (κ1) is 26.3. The minimum absolute atomic E-state index is 0.198. The highest BCUT2D eigenvalue weighted by Gasteiger charge is 2.25. The number of rotatable bonds is 8. The summed E-state index contributed by atoms with van der Waals surface area (Å²) >= 11 is 6.43. The Kier molecular flexibility index (Phi) is 7.58. The molecular formula is C30H26ClFN4O3. The fraction of sp³-hybridized carbons (Fsp3) is 0.167. The Labute approximate surface area is 230 Å². The number of carboxylic acid groups (broad SMARTS) is 1. The van der Waals surface area contributed by atoms with Crippen LogP contribution >= 0.6 is 11.6 Å². The van der Waals surface area contributed by atoms with Crippen molar-refractivity contribution >= 4 is 34.8 Å². The molecular weight excluding hydrogens is 519 g/mol. The molecule has 0 radical (unpaired) electrons. The van der Waals surface area contributed by atoms with E-state index in [4.69, 9.17) is 26.4 Å². The molecule has 0 saturated heterocycles. The van der Waals surface area contributed by atoms with Crippen LogP contribution in [0.3, 0.4) is 0 Å². The molecule has 0 atom stereocenters. The van der Waals surface area contributed by atoms with Crippen LogP contribution in [0.15, 0.2) is 77.9 Å². The first-order chi connectivity index (χ1) is 18.8. The van der Waals surface area contributed by atoms with Crippen molar-refractivity contribution in [2.75, 3.05) is 32.6 Å². The van der Waals surface area contributed by atoms with Crippen LogP contribution in [0, 0.1) is 5.82 Å². The van der Waals surface area contributed by atoms with Gasteiger partial charge in [0.25, 0.3) is 0 Å². The summed E-state index contributed by atoms with van der Waals surface area (Å²) in [6.45, 7) is 1.35. The van der Waals surface area contributed by atoms with Gasteiger partial charge in [-0.25, -0.2) is 14.2 Å². The summed E-state index contributed by atoms with van der Waals surface area (Å²) in [6.07, 6.45) is 1.74. The van der Waals surface area contributed by atoms with Gasteiger partial charge in [-0.1, -0.05) is 23.7 Å². The Morgan fingerprint density at radius 3 is 2.62 bits per heavy atom. The standard InChI is InChI=1S/C30H26ClFN4O3/c1-36(2)12-13-39-26-5-3-4-25(32)28(26)29-24-14-20(31)8-11-22(24)23-15-27(33-16-19(23)17-34-29)35-21-9-6-18(7-10-21)30(37)38/h3-11,14-16H,12-13,17H2,1-2H3,(H,33,35)(H,37,38). The zero-order valence-electron chi connectivity index (χ0n) is 21.4. The van der Waals surface area contributed by atoms with E-state index in [0.29, 0.717) is 46.7 Å². The van der Waals surface area contributed by atoms with E-state index >= 15 is 4.39 Å². The van der Waals surface area contributed by atoms with E-state index in [1.54, 1.807) is 42.6 Å². The number of ether oxygens (including phenoxy) is 1. The molecule has 0 spiro atoms. The van der Waals surface area contributed by atoms with Gasteiger partial charge < -0.3 is 20.1 Å². The van der Waals surface area contributed by atoms with Crippen LogP contribution in [-0.2, 0) is 6.54 Å². The van der Waals surface area contributed by atoms with Crippen LogP contribution in [0.5, 0.6) is 5.75 Å². The van der Waals surface area contributed by atoms with Crippen molar-refractivity contribution in [2.24, 2.45) is 4.99 Å². The van der Waals surface area contributed by atoms with E-state index in [1.807, 2.05) is 31.1 Å². The number of aliphatic imine (C=N–C) groups is 1. The Bertz CT molecular complexity index is 1570. The van der Waals surface area contributed by atoms with Gasteiger partial charge in [-0.05, 0) is 85.4 Å². The van der Waals surface area contributed by atoms with E-state index in [-0.39, 0.29) is 17.7 Å². The third-order valence-corrected chi connectivity index (χ3v) is 6.57. The maximum atomic E-state index is 15.4. The van der Waals surface area contributed by atoms with Gasteiger partial charge in [0.05, 0.1) is 23.4 Å². The van der Waals surface area contributed by atoms with Crippen LogP contribution in [0.1, 0.15) is 27.0 Å². The Hall–Kier alpha value is -4.27. The number of aromatic carboxylic acids is 1. The predicted octanol–water partition coefficient (Wildman–Crippen LogP) is 6.27. The zero-order chi connectivity index (χ0) is 27.5. The smallest absolute Gasteiger partial charge is 0.335 e. The van der Waals surface area contributed by atoms with E-state index in [2.05, 4.69) is 10.3 Å². The van der Waals surface area contributed by atoms with Crippen LogP contribution in [0.4, 0.5) is 15.9 Å². The van der Waals surface area contributed by atoms with Gasteiger partial charge in [0.1, 0.15) is 24.0 Å². The van der Waals surface area contributed by atoms with Crippen molar-refractivity contribution in [3.8, 4) is 16.9 Å². The number of carboxylic acids is 1. The first-order valence-electron chi connectivity index (χ1n) is 12.3. The number of carbonyl (C=O) groups is 1. The minimum atomic E-state index is -0.989. The highest BCUT2D eigenvalue weighted by atomic mass is 35.5. The highest BCUT2D eigenvalue weighted by molar-refractivity contribution is 6.31. The number of benzene rings is 3.